The maximum absolute atomic E-state index is 2.37. The van der Waals surface area contributed by atoms with Crippen LogP contribution in [0.5, 0.6) is 0 Å². The van der Waals surface area contributed by atoms with Crippen LogP contribution in [-0.2, 0) is 0 Å². The first-order valence-corrected chi connectivity index (χ1v) is 18.2. The molecule has 53 heavy (non-hydrogen) atoms. The van der Waals surface area contributed by atoms with Gasteiger partial charge in [-0.3, -0.25) is 0 Å². The van der Waals surface area contributed by atoms with Gasteiger partial charge in [-0.2, -0.15) is 0 Å². The molecule has 0 heterocycles. The summed E-state index contributed by atoms with van der Waals surface area (Å²) in [6, 6.07) is 80.8. The first kappa shape index (κ1) is 32.0. The molecule has 0 fully saturated rings. The molecule has 0 atom stereocenters. The molecule has 250 valence electrons. The van der Waals surface area contributed by atoms with E-state index in [2.05, 4.69) is 229 Å². The Balaban J connectivity index is 1.14. The van der Waals surface area contributed by atoms with Crippen LogP contribution in [0.1, 0.15) is 0 Å². The summed E-state index contributed by atoms with van der Waals surface area (Å²) in [4.78, 5) is 2.37. The number of anilines is 3. The number of hydrogen-bond donors (Lipinski definition) is 0. The van der Waals surface area contributed by atoms with Crippen LogP contribution in [0.2, 0.25) is 0 Å². The summed E-state index contributed by atoms with van der Waals surface area (Å²) in [6.07, 6.45) is 0. The lowest BCUT2D eigenvalue weighted by Gasteiger charge is -2.28. The lowest BCUT2D eigenvalue weighted by Crippen LogP contribution is -2.11. The van der Waals surface area contributed by atoms with E-state index < -0.39 is 0 Å². The van der Waals surface area contributed by atoms with Gasteiger partial charge in [0.05, 0.1) is 5.69 Å². The quantitative estimate of drug-likeness (QED) is 0.155. The van der Waals surface area contributed by atoms with E-state index in [4.69, 9.17) is 0 Å². The Bertz CT molecular complexity index is 2580. The minimum Gasteiger partial charge on any atom is -0.310 e. The molecular formula is C52H37N. The highest BCUT2D eigenvalue weighted by Crippen LogP contribution is 2.43. The Kier molecular flexibility index (Phi) is 8.66. The fraction of sp³-hybridized carbons (Fsp3) is 0. The molecule has 0 saturated heterocycles. The molecular weight excluding hydrogens is 639 g/mol. The number of fused-ring (bicyclic) bond motifs is 1. The molecule has 0 saturated carbocycles. The van der Waals surface area contributed by atoms with Crippen LogP contribution in [0.4, 0.5) is 17.1 Å². The van der Waals surface area contributed by atoms with Crippen molar-refractivity contribution in [1.29, 1.82) is 0 Å². The third-order valence-electron chi connectivity index (χ3n) is 10.0. The smallest absolute Gasteiger partial charge is 0.0540 e. The predicted octanol–water partition coefficient (Wildman–Crippen LogP) is 14.6. The summed E-state index contributed by atoms with van der Waals surface area (Å²) in [6.45, 7) is 0. The molecule has 0 N–H and O–H groups in total. The number of para-hydroxylation sites is 2. The highest BCUT2D eigenvalue weighted by atomic mass is 15.1. The Morgan fingerprint density at radius 1 is 0.245 bits per heavy atom. The van der Waals surface area contributed by atoms with Crippen molar-refractivity contribution >= 4 is 27.8 Å². The molecule has 0 amide bonds. The Morgan fingerprint density at radius 3 is 1.32 bits per heavy atom. The van der Waals surface area contributed by atoms with Crippen molar-refractivity contribution in [2.75, 3.05) is 4.90 Å². The third-order valence-corrected chi connectivity index (χ3v) is 10.0. The Morgan fingerprint density at radius 2 is 0.660 bits per heavy atom. The molecule has 0 aromatic heterocycles. The van der Waals surface area contributed by atoms with Crippen molar-refractivity contribution in [1.82, 2.24) is 0 Å². The number of nitrogens with zero attached hydrogens (tertiary/aromatic N) is 1. The highest BCUT2D eigenvalue weighted by Gasteiger charge is 2.18. The molecule has 9 aromatic carbocycles. The van der Waals surface area contributed by atoms with Gasteiger partial charge in [-0.15, -0.1) is 0 Å². The molecule has 0 unspecified atom stereocenters. The van der Waals surface area contributed by atoms with Crippen LogP contribution in [0.15, 0.2) is 224 Å². The second-order valence-electron chi connectivity index (χ2n) is 13.4. The average molecular weight is 676 g/mol. The zero-order valence-electron chi connectivity index (χ0n) is 29.3. The summed E-state index contributed by atoms with van der Waals surface area (Å²) in [7, 11) is 0. The van der Waals surface area contributed by atoms with Crippen LogP contribution >= 0.6 is 0 Å². The van der Waals surface area contributed by atoms with Gasteiger partial charge in [-0.25, -0.2) is 0 Å². The maximum atomic E-state index is 2.37. The molecule has 0 bridgehead atoms. The molecule has 1 nitrogen and oxygen atoms in total. The minimum atomic E-state index is 1.10. The number of benzene rings is 9. The Labute approximate surface area is 311 Å². The van der Waals surface area contributed by atoms with Gasteiger partial charge in [-0.05, 0) is 115 Å². The van der Waals surface area contributed by atoms with Gasteiger partial charge in [-0.1, -0.05) is 170 Å². The van der Waals surface area contributed by atoms with Crippen molar-refractivity contribution < 1.29 is 0 Å². The summed E-state index contributed by atoms with van der Waals surface area (Å²) in [5.74, 6) is 0. The predicted molar refractivity (Wildman–Crippen MR) is 226 cm³/mol. The van der Waals surface area contributed by atoms with Crippen molar-refractivity contribution in [3.05, 3.63) is 224 Å². The van der Waals surface area contributed by atoms with Gasteiger partial charge in [0, 0.05) is 16.9 Å². The normalized spacial score (nSPS) is 11.0. The Hall–Kier alpha value is -6.96. The first-order chi connectivity index (χ1) is 26.3. The van der Waals surface area contributed by atoms with Gasteiger partial charge < -0.3 is 4.90 Å². The average Bonchev–Trinajstić information content (AvgIpc) is 3.25. The monoisotopic (exact) mass is 675 g/mol. The molecule has 0 aliphatic rings. The van der Waals surface area contributed by atoms with E-state index >= 15 is 0 Å². The van der Waals surface area contributed by atoms with E-state index in [9.17, 15) is 0 Å². The third kappa shape index (κ3) is 6.53. The van der Waals surface area contributed by atoms with E-state index in [1.165, 1.54) is 66.4 Å². The molecule has 9 rings (SSSR count). The van der Waals surface area contributed by atoms with Crippen molar-refractivity contribution in [3.63, 3.8) is 0 Å². The summed E-state index contributed by atoms with van der Waals surface area (Å²) >= 11 is 0. The van der Waals surface area contributed by atoms with Gasteiger partial charge in [0.25, 0.3) is 0 Å². The fourth-order valence-corrected chi connectivity index (χ4v) is 7.44. The summed E-state index contributed by atoms with van der Waals surface area (Å²) in [5, 5.41) is 2.51. The zero-order valence-corrected chi connectivity index (χ0v) is 29.3. The van der Waals surface area contributed by atoms with Gasteiger partial charge in [0.15, 0.2) is 0 Å². The van der Waals surface area contributed by atoms with Gasteiger partial charge in [0.2, 0.25) is 0 Å². The second-order valence-corrected chi connectivity index (χ2v) is 13.4. The standard InChI is InChI=1S/C52H37N/c1-4-16-38(17-5-1)44-35-45(39-18-6-2-7-19-39)37-46(36-44)40-30-32-48(33-31-40)53(47-24-8-3-9-25-47)52-29-13-12-27-51(52)43-23-14-22-42(34-43)50-28-15-21-41-20-10-11-26-49(41)50/h1-37H. The number of hydrogen-bond acceptors (Lipinski definition) is 1. The lowest BCUT2D eigenvalue weighted by atomic mass is 9.93. The molecule has 0 radical (unpaired) electrons. The minimum absolute atomic E-state index is 1.10. The van der Waals surface area contributed by atoms with Gasteiger partial charge in [0.1, 0.15) is 0 Å². The molecule has 1 heteroatoms. The van der Waals surface area contributed by atoms with Crippen LogP contribution in [0, 0.1) is 0 Å². The summed E-state index contributed by atoms with van der Waals surface area (Å²) < 4.78 is 0. The highest BCUT2D eigenvalue weighted by molar-refractivity contribution is 5.98. The van der Waals surface area contributed by atoms with Crippen LogP contribution < -0.4 is 4.90 Å². The van der Waals surface area contributed by atoms with Crippen molar-refractivity contribution in [3.8, 4) is 55.6 Å². The first-order valence-electron chi connectivity index (χ1n) is 18.2. The topological polar surface area (TPSA) is 3.24 Å². The molecule has 0 spiro atoms. The molecule has 9 aromatic rings. The zero-order chi connectivity index (χ0) is 35.4. The molecule has 0 aliphatic heterocycles. The number of rotatable bonds is 8. The largest absolute Gasteiger partial charge is 0.310 e. The molecule has 0 aliphatic carbocycles. The van der Waals surface area contributed by atoms with E-state index in [-0.39, 0.29) is 0 Å². The van der Waals surface area contributed by atoms with E-state index in [1.807, 2.05) is 0 Å². The van der Waals surface area contributed by atoms with Crippen LogP contribution in [0.25, 0.3) is 66.4 Å². The lowest BCUT2D eigenvalue weighted by molar-refractivity contribution is 1.28. The maximum Gasteiger partial charge on any atom is 0.0540 e. The second kappa shape index (κ2) is 14.3. The van der Waals surface area contributed by atoms with E-state index in [0.717, 1.165) is 17.1 Å². The van der Waals surface area contributed by atoms with E-state index in [0.29, 0.717) is 0 Å². The van der Waals surface area contributed by atoms with Crippen molar-refractivity contribution in [2.45, 2.75) is 0 Å². The fourth-order valence-electron chi connectivity index (χ4n) is 7.44. The van der Waals surface area contributed by atoms with E-state index in [1.54, 1.807) is 0 Å². The summed E-state index contributed by atoms with van der Waals surface area (Å²) in [5.41, 5.74) is 15.3. The van der Waals surface area contributed by atoms with Crippen molar-refractivity contribution in [2.24, 2.45) is 0 Å². The van der Waals surface area contributed by atoms with Gasteiger partial charge >= 0.3 is 0 Å². The van der Waals surface area contributed by atoms with Crippen LogP contribution in [-0.4, -0.2) is 0 Å². The SMILES string of the molecule is c1ccc(-c2cc(-c3ccccc3)cc(-c3ccc(N(c4ccccc4)c4ccccc4-c4cccc(-c5cccc6ccccc56)c4)cc3)c2)cc1. The van der Waals surface area contributed by atoms with Crippen LogP contribution in [0.3, 0.4) is 0 Å².